The predicted octanol–water partition coefficient (Wildman–Crippen LogP) is 5.35. The second-order valence-electron chi connectivity index (χ2n) is 6.62. The Hall–Kier alpha value is -4.07. The first-order valence-electron chi connectivity index (χ1n) is 9.19. The van der Waals surface area contributed by atoms with Crippen LogP contribution in [0.1, 0.15) is 10.4 Å². The Labute approximate surface area is 174 Å². The third-order valence-electron chi connectivity index (χ3n) is 4.61. The summed E-state index contributed by atoms with van der Waals surface area (Å²) in [4.78, 5) is 28.4. The number of ether oxygens (including phenoxy) is 1. The van der Waals surface area contributed by atoms with Crippen molar-refractivity contribution in [3.8, 4) is 16.9 Å². The van der Waals surface area contributed by atoms with Crippen LogP contribution in [0.5, 0.6) is 5.75 Å². The van der Waals surface area contributed by atoms with Gasteiger partial charge in [0.25, 0.3) is 5.91 Å². The van der Waals surface area contributed by atoms with Crippen LogP contribution in [0.3, 0.4) is 0 Å². The van der Waals surface area contributed by atoms with E-state index < -0.39 is 23.4 Å². The van der Waals surface area contributed by atoms with Crippen LogP contribution in [-0.2, 0) is 0 Å². The lowest BCUT2D eigenvalue weighted by Gasteiger charge is -2.16. The van der Waals surface area contributed by atoms with Crippen molar-refractivity contribution in [2.24, 2.45) is 0 Å². The molecule has 0 aliphatic heterocycles. The van der Waals surface area contributed by atoms with Crippen molar-refractivity contribution < 1.29 is 22.7 Å². The van der Waals surface area contributed by atoms with Gasteiger partial charge in [-0.1, -0.05) is 48.5 Å². The van der Waals surface area contributed by atoms with Gasteiger partial charge in [-0.2, -0.15) is 0 Å². The lowest BCUT2D eigenvalue weighted by Crippen LogP contribution is -2.22. The van der Waals surface area contributed by atoms with Crippen LogP contribution in [0.4, 0.5) is 18.9 Å². The van der Waals surface area contributed by atoms with Gasteiger partial charge in [0.15, 0.2) is 0 Å². The smallest absolute Gasteiger partial charge is 0.405 e. The second kappa shape index (κ2) is 7.98. The topological polar surface area (TPSA) is 71.2 Å². The Balaban J connectivity index is 1.72. The molecule has 0 spiro atoms. The number of rotatable bonds is 4. The summed E-state index contributed by atoms with van der Waals surface area (Å²) in [5.74, 6) is -1.09. The number of pyridine rings is 1. The van der Waals surface area contributed by atoms with Crippen LogP contribution < -0.4 is 15.5 Å². The highest BCUT2D eigenvalue weighted by atomic mass is 19.4. The Morgan fingerprint density at radius 1 is 0.871 bits per heavy atom. The summed E-state index contributed by atoms with van der Waals surface area (Å²) in [6.07, 6.45) is -3.56. The molecule has 0 aliphatic rings. The first-order chi connectivity index (χ1) is 14.8. The van der Waals surface area contributed by atoms with Gasteiger partial charge in [-0.15, -0.1) is 13.2 Å². The van der Waals surface area contributed by atoms with Crippen molar-refractivity contribution in [3.05, 3.63) is 94.8 Å². The number of hydrogen-bond donors (Lipinski definition) is 2. The van der Waals surface area contributed by atoms with E-state index in [2.05, 4.69) is 15.0 Å². The minimum absolute atomic E-state index is 0.117. The molecule has 0 saturated carbocycles. The quantitative estimate of drug-likeness (QED) is 0.464. The van der Waals surface area contributed by atoms with Crippen molar-refractivity contribution in [3.63, 3.8) is 0 Å². The number of para-hydroxylation sites is 3. The Bertz CT molecular complexity index is 1330. The summed E-state index contributed by atoms with van der Waals surface area (Å²) in [5, 5.41) is 2.98. The fraction of sp³-hybridized carbons (Fsp3) is 0.0435. The summed E-state index contributed by atoms with van der Waals surface area (Å²) in [5.41, 5.74) is 0.704. The first-order valence-corrected chi connectivity index (χ1v) is 9.19. The molecule has 0 unspecified atom stereocenters. The number of amides is 1. The molecule has 2 N–H and O–H groups in total. The van der Waals surface area contributed by atoms with E-state index in [1.54, 1.807) is 48.5 Å². The number of H-pyrrole nitrogens is 1. The molecule has 3 aromatic carbocycles. The molecule has 1 aromatic heterocycles. The van der Waals surface area contributed by atoms with E-state index >= 15 is 0 Å². The highest BCUT2D eigenvalue weighted by molar-refractivity contribution is 6.07. The van der Waals surface area contributed by atoms with Crippen molar-refractivity contribution in [1.29, 1.82) is 0 Å². The van der Waals surface area contributed by atoms with E-state index in [1.165, 1.54) is 30.5 Å². The fourth-order valence-electron chi connectivity index (χ4n) is 3.26. The number of anilines is 1. The zero-order valence-corrected chi connectivity index (χ0v) is 15.9. The lowest BCUT2D eigenvalue weighted by atomic mass is 10.0. The molecule has 1 heterocycles. The van der Waals surface area contributed by atoms with Gasteiger partial charge in [-0.25, -0.2) is 0 Å². The summed E-state index contributed by atoms with van der Waals surface area (Å²) in [6.45, 7) is 0. The molecular weight excluding hydrogens is 409 g/mol. The summed E-state index contributed by atoms with van der Waals surface area (Å²) >= 11 is 0. The van der Waals surface area contributed by atoms with Gasteiger partial charge in [0.2, 0.25) is 5.43 Å². The zero-order valence-electron chi connectivity index (χ0n) is 15.9. The molecule has 5 nitrogen and oxygen atoms in total. The van der Waals surface area contributed by atoms with Crippen molar-refractivity contribution in [1.82, 2.24) is 4.98 Å². The number of aromatic amines is 1. The van der Waals surface area contributed by atoms with Crippen molar-refractivity contribution in [2.45, 2.75) is 6.36 Å². The van der Waals surface area contributed by atoms with Crippen LogP contribution in [0, 0.1) is 0 Å². The van der Waals surface area contributed by atoms with Gasteiger partial charge in [0.05, 0.1) is 0 Å². The van der Waals surface area contributed by atoms with Crippen LogP contribution >= 0.6 is 0 Å². The average Bonchev–Trinajstić information content (AvgIpc) is 2.74. The maximum atomic E-state index is 12.8. The number of alkyl halides is 3. The van der Waals surface area contributed by atoms with Crippen LogP contribution in [0.15, 0.2) is 83.8 Å². The van der Waals surface area contributed by atoms with E-state index in [0.29, 0.717) is 16.5 Å². The standard InChI is InChI=1S/C23H15F3N2O3/c24-23(25,26)31-20-12-6-3-8-15(20)14-7-1-5-11-19(14)28-22(30)17-13-27-18-10-4-2-9-16(18)21(17)29/h1-13H,(H,27,29)(H,28,30). The van der Waals surface area contributed by atoms with Crippen LogP contribution in [0.25, 0.3) is 22.0 Å². The monoisotopic (exact) mass is 424 g/mol. The number of halogens is 3. The highest BCUT2D eigenvalue weighted by Gasteiger charge is 2.32. The molecule has 156 valence electrons. The zero-order chi connectivity index (χ0) is 22.0. The molecule has 8 heteroatoms. The molecule has 0 fully saturated rings. The second-order valence-corrected chi connectivity index (χ2v) is 6.62. The number of benzene rings is 3. The van der Waals surface area contributed by atoms with E-state index in [0.717, 1.165) is 0 Å². The molecule has 1 amide bonds. The minimum Gasteiger partial charge on any atom is -0.405 e. The molecule has 0 bridgehead atoms. The maximum absolute atomic E-state index is 12.8. The predicted molar refractivity (Wildman–Crippen MR) is 111 cm³/mol. The Morgan fingerprint density at radius 2 is 1.52 bits per heavy atom. The van der Waals surface area contributed by atoms with Crippen molar-refractivity contribution >= 4 is 22.5 Å². The third-order valence-corrected chi connectivity index (χ3v) is 4.61. The number of fused-ring (bicyclic) bond motifs is 1. The number of carbonyl (C=O) groups is 1. The van der Waals surface area contributed by atoms with E-state index in [1.807, 2.05) is 0 Å². The highest BCUT2D eigenvalue weighted by Crippen LogP contribution is 2.37. The van der Waals surface area contributed by atoms with Gasteiger partial charge in [0.1, 0.15) is 11.3 Å². The van der Waals surface area contributed by atoms with E-state index in [-0.39, 0.29) is 16.8 Å². The average molecular weight is 424 g/mol. The molecular formula is C23H15F3N2O3. The normalized spacial score (nSPS) is 11.3. The minimum atomic E-state index is -4.87. The van der Waals surface area contributed by atoms with Crippen LogP contribution in [0.2, 0.25) is 0 Å². The largest absolute Gasteiger partial charge is 0.573 e. The number of aromatic nitrogens is 1. The lowest BCUT2D eigenvalue weighted by molar-refractivity contribution is -0.274. The Morgan fingerprint density at radius 3 is 2.29 bits per heavy atom. The maximum Gasteiger partial charge on any atom is 0.573 e. The third kappa shape index (κ3) is 4.28. The summed E-state index contributed by atoms with van der Waals surface area (Å²) < 4.78 is 42.6. The number of nitrogens with one attached hydrogen (secondary N) is 2. The molecule has 4 rings (SSSR count). The molecule has 0 aliphatic carbocycles. The van der Waals surface area contributed by atoms with Gasteiger partial charge in [0, 0.05) is 33.9 Å². The molecule has 0 saturated heterocycles. The SMILES string of the molecule is O=C(Nc1ccccc1-c1ccccc1OC(F)(F)F)c1c[nH]c2ccccc2c1=O. The Kier molecular flexibility index (Phi) is 5.21. The van der Waals surface area contributed by atoms with E-state index in [9.17, 15) is 22.8 Å². The molecule has 4 aromatic rings. The van der Waals surface area contributed by atoms with Gasteiger partial charge in [-0.05, 0) is 24.3 Å². The fourth-order valence-corrected chi connectivity index (χ4v) is 3.26. The first kappa shape index (κ1) is 20.2. The molecule has 0 radical (unpaired) electrons. The molecule has 31 heavy (non-hydrogen) atoms. The number of hydrogen-bond acceptors (Lipinski definition) is 3. The van der Waals surface area contributed by atoms with Gasteiger partial charge in [-0.3, -0.25) is 9.59 Å². The summed E-state index contributed by atoms with van der Waals surface area (Å²) in [6, 6.07) is 18.7. The van der Waals surface area contributed by atoms with Crippen LogP contribution in [-0.4, -0.2) is 17.3 Å². The van der Waals surface area contributed by atoms with Crippen molar-refractivity contribution in [2.75, 3.05) is 5.32 Å². The van der Waals surface area contributed by atoms with Gasteiger partial charge < -0.3 is 15.0 Å². The van der Waals surface area contributed by atoms with Gasteiger partial charge >= 0.3 is 6.36 Å². The summed E-state index contributed by atoms with van der Waals surface area (Å²) in [7, 11) is 0. The number of carbonyl (C=O) groups excluding carboxylic acids is 1. The van der Waals surface area contributed by atoms with E-state index in [4.69, 9.17) is 0 Å². The molecule has 0 atom stereocenters.